The van der Waals surface area contributed by atoms with Crippen LogP contribution in [0.2, 0.25) is 0 Å². The van der Waals surface area contributed by atoms with Crippen molar-refractivity contribution in [1.82, 2.24) is 4.31 Å². The molecule has 2 aromatic rings. The van der Waals surface area contributed by atoms with Crippen LogP contribution < -0.4 is 10.2 Å². The van der Waals surface area contributed by atoms with Gasteiger partial charge in [-0.15, -0.1) is 0 Å². The van der Waals surface area contributed by atoms with Crippen molar-refractivity contribution < 1.29 is 13.2 Å². The molecule has 8 heteroatoms. The Bertz CT molecular complexity index is 1110. The van der Waals surface area contributed by atoms with Crippen molar-refractivity contribution in [3.8, 4) is 6.07 Å². The van der Waals surface area contributed by atoms with E-state index in [2.05, 4.69) is 16.3 Å². The fourth-order valence-electron chi connectivity index (χ4n) is 4.35. The quantitative estimate of drug-likeness (QED) is 0.741. The molecular formula is C24H28N4O3S. The zero-order valence-corrected chi connectivity index (χ0v) is 18.9. The van der Waals surface area contributed by atoms with Crippen molar-refractivity contribution in [2.24, 2.45) is 0 Å². The average Bonchev–Trinajstić information content (AvgIpc) is 2.85. The number of hydrogen-bond acceptors (Lipinski definition) is 5. The first-order valence-electron chi connectivity index (χ1n) is 11.2. The van der Waals surface area contributed by atoms with Crippen LogP contribution in [0.1, 0.15) is 54.4 Å². The maximum Gasteiger partial charge on any atom is 0.257 e. The van der Waals surface area contributed by atoms with Gasteiger partial charge in [0.25, 0.3) is 5.91 Å². The molecule has 32 heavy (non-hydrogen) atoms. The van der Waals surface area contributed by atoms with E-state index < -0.39 is 10.0 Å². The first-order chi connectivity index (χ1) is 15.5. The first kappa shape index (κ1) is 22.3. The molecule has 1 N–H and O–H groups in total. The van der Waals surface area contributed by atoms with Gasteiger partial charge in [0.05, 0.1) is 22.1 Å². The number of carbonyl (C=O) groups excluding carboxylic acids is 1. The third-order valence-corrected chi connectivity index (χ3v) is 8.03. The zero-order chi connectivity index (χ0) is 22.6. The Morgan fingerprint density at radius 1 is 0.875 bits per heavy atom. The number of hydrogen-bond donors (Lipinski definition) is 1. The highest BCUT2D eigenvalue weighted by Crippen LogP contribution is 2.30. The van der Waals surface area contributed by atoms with Crippen LogP contribution in [-0.4, -0.2) is 44.8 Å². The molecule has 0 spiro atoms. The summed E-state index contributed by atoms with van der Waals surface area (Å²) in [5, 5.41) is 11.8. The molecule has 2 saturated heterocycles. The van der Waals surface area contributed by atoms with Gasteiger partial charge in [-0.25, -0.2) is 8.42 Å². The van der Waals surface area contributed by atoms with Crippen molar-refractivity contribution in [3.63, 3.8) is 0 Å². The first-order valence-corrected chi connectivity index (χ1v) is 12.6. The molecule has 2 aliphatic rings. The smallest absolute Gasteiger partial charge is 0.257 e. The minimum absolute atomic E-state index is 0.158. The van der Waals surface area contributed by atoms with Crippen molar-refractivity contribution >= 4 is 27.3 Å². The molecule has 2 aliphatic heterocycles. The number of piperidine rings is 2. The van der Waals surface area contributed by atoms with E-state index in [0.29, 0.717) is 29.9 Å². The van der Waals surface area contributed by atoms with Crippen molar-refractivity contribution in [1.29, 1.82) is 5.26 Å². The van der Waals surface area contributed by atoms with E-state index in [9.17, 15) is 13.2 Å². The van der Waals surface area contributed by atoms with E-state index in [-0.39, 0.29) is 10.8 Å². The highest BCUT2D eigenvalue weighted by molar-refractivity contribution is 7.89. The molecule has 0 atom stereocenters. The van der Waals surface area contributed by atoms with Crippen LogP contribution in [0.4, 0.5) is 11.4 Å². The summed E-state index contributed by atoms with van der Waals surface area (Å²) in [6.45, 7) is 2.72. The highest BCUT2D eigenvalue weighted by Gasteiger charge is 2.28. The fraction of sp³-hybridized carbons (Fsp3) is 0.417. The van der Waals surface area contributed by atoms with Crippen molar-refractivity contribution in [2.45, 2.75) is 43.4 Å². The predicted octanol–water partition coefficient (Wildman–Crippen LogP) is 3.98. The van der Waals surface area contributed by atoms with Crippen LogP contribution in [0.15, 0.2) is 47.4 Å². The van der Waals surface area contributed by atoms with Gasteiger partial charge in [-0.2, -0.15) is 9.57 Å². The minimum Gasteiger partial charge on any atom is -0.371 e. The van der Waals surface area contributed by atoms with Gasteiger partial charge in [-0.3, -0.25) is 4.79 Å². The van der Waals surface area contributed by atoms with Crippen LogP contribution in [0.25, 0.3) is 0 Å². The van der Waals surface area contributed by atoms with E-state index in [0.717, 1.165) is 57.3 Å². The maximum atomic E-state index is 13.3. The Kier molecular flexibility index (Phi) is 6.77. The monoisotopic (exact) mass is 452 g/mol. The summed E-state index contributed by atoms with van der Waals surface area (Å²) in [7, 11) is -3.65. The number of sulfonamides is 1. The molecule has 2 fully saturated rings. The van der Waals surface area contributed by atoms with Crippen molar-refractivity contribution in [2.75, 3.05) is 36.4 Å². The van der Waals surface area contributed by atoms with Crippen LogP contribution in [-0.2, 0) is 10.0 Å². The van der Waals surface area contributed by atoms with Gasteiger partial charge in [-0.1, -0.05) is 6.42 Å². The standard InChI is InChI=1S/C24H28N4O3S/c25-18-19-7-9-20(10-8-19)26-24(29)22-17-21(32(30,31)28-15-5-2-6-16-28)11-12-23(22)27-13-3-1-4-14-27/h7-12,17H,1-6,13-16H2,(H,26,29). The summed E-state index contributed by atoms with van der Waals surface area (Å²) in [6, 6.07) is 13.6. The molecule has 0 unspecified atom stereocenters. The molecule has 4 rings (SSSR count). The number of nitriles is 1. The summed E-state index contributed by atoms with van der Waals surface area (Å²) in [5.74, 6) is -0.356. The van der Waals surface area contributed by atoms with E-state index >= 15 is 0 Å². The lowest BCUT2D eigenvalue weighted by molar-refractivity contribution is 0.102. The number of amides is 1. The number of rotatable bonds is 5. The molecule has 1 amide bonds. The highest BCUT2D eigenvalue weighted by atomic mass is 32.2. The number of nitrogens with zero attached hydrogens (tertiary/aromatic N) is 3. The van der Waals surface area contributed by atoms with Gasteiger partial charge < -0.3 is 10.2 Å². The summed E-state index contributed by atoms with van der Waals surface area (Å²) in [5.41, 5.74) is 2.18. The molecule has 168 valence electrons. The molecule has 0 aliphatic carbocycles. The van der Waals surface area contributed by atoms with Gasteiger partial charge in [0, 0.05) is 37.6 Å². The summed E-state index contributed by atoms with van der Waals surface area (Å²) < 4.78 is 28.0. The topological polar surface area (TPSA) is 93.5 Å². The lowest BCUT2D eigenvalue weighted by Gasteiger charge is -2.31. The largest absolute Gasteiger partial charge is 0.371 e. The van der Waals surface area contributed by atoms with Crippen LogP contribution in [0.3, 0.4) is 0 Å². The second kappa shape index (κ2) is 9.72. The van der Waals surface area contributed by atoms with E-state index in [1.165, 1.54) is 10.4 Å². The van der Waals surface area contributed by atoms with Gasteiger partial charge in [0.2, 0.25) is 10.0 Å². The van der Waals surface area contributed by atoms with Gasteiger partial charge in [-0.05, 0) is 74.6 Å². The number of benzene rings is 2. The minimum atomic E-state index is -3.65. The molecule has 2 aromatic carbocycles. The zero-order valence-electron chi connectivity index (χ0n) is 18.1. The van der Waals surface area contributed by atoms with Gasteiger partial charge in [0.15, 0.2) is 0 Å². The summed E-state index contributed by atoms with van der Waals surface area (Å²) in [4.78, 5) is 15.6. The summed E-state index contributed by atoms with van der Waals surface area (Å²) >= 11 is 0. The summed E-state index contributed by atoms with van der Waals surface area (Å²) in [6.07, 6.45) is 6.01. The van der Waals surface area contributed by atoms with Gasteiger partial charge in [0.1, 0.15) is 0 Å². The SMILES string of the molecule is N#Cc1ccc(NC(=O)c2cc(S(=O)(=O)N3CCCCC3)ccc2N2CCCCC2)cc1. The van der Waals surface area contributed by atoms with Crippen LogP contribution in [0, 0.1) is 11.3 Å². The molecule has 7 nitrogen and oxygen atoms in total. The molecule has 0 bridgehead atoms. The number of nitrogens with one attached hydrogen (secondary N) is 1. The van der Waals surface area contributed by atoms with E-state index in [4.69, 9.17) is 5.26 Å². The molecule has 0 radical (unpaired) electrons. The molecule has 0 aromatic heterocycles. The maximum absolute atomic E-state index is 13.3. The Morgan fingerprint density at radius 3 is 2.12 bits per heavy atom. The predicted molar refractivity (Wildman–Crippen MR) is 124 cm³/mol. The Hall–Kier alpha value is -2.89. The second-order valence-electron chi connectivity index (χ2n) is 8.33. The lowest BCUT2D eigenvalue weighted by Crippen LogP contribution is -2.36. The third kappa shape index (κ3) is 4.79. The Labute approximate surface area is 189 Å². The third-order valence-electron chi connectivity index (χ3n) is 6.13. The molecular weight excluding hydrogens is 424 g/mol. The van der Waals surface area contributed by atoms with Crippen LogP contribution in [0.5, 0.6) is 0 Å². The number of carbonyl (C=O) groups is 1. The Balaban J connectivity index is 1.68. The second-order valence-corrected chi connectivity index (χ2v) is 10.3. The van der Waals surface area contributed by atoms with E-state index in [1.54, 1.807) is 36.4 Å². The lowest BCUT2D eigenvalue weighted by atomic mass is 10.1. The van der Waals surface area contributed by atoms with Gasteiger partial charge >= 0.3 is 0 Å². The molecule has 0 saturated carbocycles. The number of anilines is 2. The molecule has 2 heterocycles. The van der Waals surface area contributed by atoms with E-state index in [1.807, 2.05) is 0 Å². The fourth-order valence-corrected chi connectivity index (χ4v) is 5.89. The normalized spacial score (nSPS) is 17.5. The average molecular weight is 453 g/mol. The Morgan fingerprint density at radius 2 is 1.50 bits per heavy atom. The van der Waals surface area contributed by atoms with Crippen molar-refractivity contribution in [3.05, 3.63) is 53.6 Å². The van der Waals surface area contributed by atoms with Crippen LogP contribution >= 0.6 is 0 Å².